The summed E-state index contributed by atoms with van der Waals surface area (Å²) >= 11 is 0. The Kier molecular flexibility index (Phi) is 6.68. The Morgan fingerprint density at radius 1 is 1.03 bits per heavy atom. The number of aromatic nitrogens is 1. The number of nitrogens with one attached hydrogen (secondary N) is 1. The molecule has 1 N–H and O–H groups in total. The molecule has 0 saturated carbocycles. The summed E-state index contributed by atoms with van der Waals surface area (Å²) in [5.74, 6) is -1.17. The molecule has 176 valence electrons. The van der Waals surface area contributed by atoms with Gasteiger partial charge in [-0.2, -0.15) is 0 Å². The van der Waals surface area contributed by atoms with Gasteiger partial charge in [-0.3, -0.25) is 14.9 Å². The third-order valence-corrected chi connectivity index (χ3v) is 5.39. The lowest BCUT2D eigenvalue weighted by Crippen LogP contribution is -2.22. The lowest BCUT2D eigenvalue weighted by molar-refractivity contribution is -0.384. The van der Waals surface area contributed by atoms with Gasteiger partial charge < -0.3 is 14.8 Å². The first-order valence-corrected chi connectivity index (χ1v) is 10.6. The average Bonchev–Trinajstić information content (AvgIpc) is 2.87. The molecule has 1 heterocycles. The molecule has 0 spiro atoms. The molecule has 0 aliphatic heterocycles. The van der Waals surface area contributed by atoms with Crippen molar-refractivity contribution in [3.63, 3.8) is 0 Å². The minimum absolute atomic E-state index is 0.113. The van der Waals surface area contributed by atoms with Gasteiger partial charge in [0.25, 0.3) is 11.6 Å². The summed E-state index contributed by atoms with van der Waals surface area (Å²) in [5, 5.41) is 14.1. The van der Waals surface area contributed by atoms with Crippen molar-refractivity contribution in [3.05, 3.63) is 94.0 Å². The smallest absolute Gasteiger partial charge is 0.339 e. The molecule has 0 aliphatic carbocycles. The molecular formula is C26H21N3O6. The monoisotopic (exact) mass is 471 g/mol. The van der Waals surface area contributed by atoms with Crippen molar-refractivity contribution >= 4 is 34.2 Å². The van der Waals surface area contributed by atoms with Crippen LogP contribution < -0.4 is 10.1 Å². The van der Waals surface area contributed by atoms with Crippen LogP contribution >= 0.6 is 0 Å². The van der Waals surface area contributed by atoms with Gasteiger partial charge in [0.15, 0.2) is 6.61 Å². The molecule has 0 saturated heterocycles. The van der Waals surface area contributed by atoms with Gasteiger partial charge in [-0.05, 0) is 24.6 Å². The molecule has 0 bridgehead atoms. The maximum atomic E-state index is 13.1. The van der Waals surface area contributed by atoms with Crippen LogP contribution in [0.25, 0.3) is 22.2 Å². The van der Waals surface area contributed by atoms with Gasteiger partial charge in [0.1, 0.15) is 5.75 Å². The third kappa shape index (κ3) is 4.93. The Morgan fingerprint density at radius 2 is 1.74 bits per heavy atom. The molecule has 9 nitrogen and oxygen atoms in total. The fourth-order valence-corrected chi connectivity index (χ4v) is 3.73. The number of rotatable bonds is 7. The molecule has 0 aliphatic rings. The quantitative estimate of drug-likeness (QED) is 0.231. The summed E-state index contributed by atoms with van der Waals surface area (Å²) in [6.07, 6.45) is 0. The van der Waals surface area contributed by atoms with Crippen molar-refractivity contribution in [3.8, 4) is 17.0 Å². The fraction of sp³-hybridized carbons (Fsp3) is 0.115. The third-order valence-electron chi connectivity index (χ3n) is 5.39. The van der Waals surface area contributed by atoms with E-state index in [0.29, 0.717) is 27.7 Å². The molecular weight excluding hydrogens is 450 g/mol. The molecule has 4 aromatic rings. The van der Waals surface area contributed by atoms with E-state index in [0.717, 1.165) is 5.56 Å². The van der Waals surface area contributed by atoms with Gasteiger partial charge in [-0.25, -0.2) is 9.78 Å². The van der Waals surface area contributed by atoms with Crippen molar-refractivity contribution in [1.82, 2.24) is 4.98 Å². The summed E-state index contributed by atoms with van der Waals surface area (Å²) in [4.78, 5) is 40.7. The molecule has 3 aromatic carbocycles. The number of pyridine rings is 1. The molecule has 0 fully saturated rings. The van der Waals surface area contributed by atoms with Gasteiger partial charge in [-0.1, -0.05) is 48.5 Å². The highest BCUT2D eigenvalue weighted by atomic mass is 16.6. The highest BCUT2D eigenvalue weighted by Gasteiger charge is 2.21. The average molecular weight is 471 g/mol. The molecule has 9 heteroatoms. The van der Waals surface area contributed by atoms with E-state index >= 15 is 0 Å². The van der Waals surface area contributed by atoms with E-state index in [1.54, 1.807) is 19.1 Å². The SMILES string of the molecule is COc1cc([N+](=O)[O-])ccc1NC(=O)COC(=O)c1c(C)c(-c2ccccc2)nc2ccccc12. The molecule has 1 amide bonds. The molecule has 1 aromatic heterocycles. The fourth-order valence-electron chi connectivity index (χ4n) is 3.73. The number of benzene rings is 3. The van der Waals surface area contributed by atoms with Crippen molar-refractivity contribution in [2.45, 2.75) is 6.92 Å². The van der Waals surface area contributed by atoms with Crippen molar-refractivity contribution < 1.29 is 24.0 Å². The summed E-state index contributed by atoms with van der Waals surface area (Å²) in [6.45, 7) is 1.23. The van der Waals surface area contributed by atoms with Gasteiger partial charge in [0.05, 0.1) is 40.6 Å². The predicted octanol–water partition coefficient (Wildman–Crippen LogP) is 4.92. The van der Waals surface area contributed by atoms with E-state index in [-0.39, 0.29) is 17.1 Å². The number of hydrogen-bond donors (Lipinski definition) is 1. The number of non-ortho nitro benzene ring substituents is 1. The number of nitrogens with zero attached hydrogens (tertiary/aromatic N) is 2. The topological polar surface area (TPSA) is 121 Å². The van der Waals surface area contributed by atoms with E-state index in [2.05, 4.69) is 5.32 Å². The van der Waals surface area contributed by atoms with Crippen molar-refractivity contribution in [2.75, 3.05) is 19.0 Å². The first kappa shape index (κ1) is 23.4. The Morgan fingerprint density at radius 3 is 2.46 bits per heavy atom. The highest BCUT2D eigenvalue weighted by molar-refractivity contribution is 6.07. The number of nitro groups is 1. The minimum Gasteiger partial charge on any atom is -0.494 e. The number of anilines is 1. The number of fused-ring (bicyclic) bond motifs is 1. The summed E-state index contributed by atoms with van der Waals surface area (Å²) in [5.41, 5.74) is 3.14. The first-order chi connectivity index (χ1) is 16.9. The van der Waals surface area contributed by atoms with E-state index in [1.807, 2.05) is 42.5 Å². The van der Waals surface area contributed by atoms with Crippen LogP contribution in [0.5, 0.6) is 5.75 Å². The number of carbonyl (C=O) groups excluding carboxylic acids is 2. The summed E-state index contributed by atoms with van der Waals surface area (Å²) in [7, 11) is 1.33. The first-order valence-electron chi connectivity index (χ1n) is 10.6. The van der Waals surface area contributed by atoms with Crippen LogP contribution in [0.1, 0.15) is 15.9 Å². The second-order valence-corrected chi connectivity index (χ2v) is 7.61. The van der Waals surface area contributed by atoms with E-state index in [9.17, 15) is 19.7 Å². The number of para-hydroxylation sites is 1. The lowest BCUT2D eigenvalue weighted by atomic mass is 9.98. The van der Waals surface area contributed by atoms with Crippen LogP contribution in [0.2, 0.25) is 0 Å². The summed E-state index contributed by atoms with van der Waals surface area (Å²) in [6, 6.07) is 20.5. The molecule has 0 unspecified atom stereocenters. The Labute approximate surface area is 200 Å². The number of hydrogen-bond acceptors (Lipinski definition) is 7. The van der Waals surface area contributed by atoms with Gasteiger partial charge >= 0.3 is 5.97 Å². The number of carbonyl (C=O) groups is 2. The lowest BCUT2D eigenvalue weighted by Gasteiger charge is -2.14. The number of nitro benzene ring substituents is 1. The Bertz CT molecular complexity index is 1440. The van der Waals surface area contributed by atoms with E-state index in [1.165, 1.54) is 25.3 Å². The van der Waals surface area contributed by atoms with E-state index < -0.39 is 23.4 Å². The number of esters is 1. The van der Waals surface area contributed by atoms with Crippen LogP contribution in [-0.4, -0.2) is 35.5 Å². The normalized spacial score (nSPS) is 10.6. The summed E-state index contributed by atoms with van der Waals surface area (Å²) < 4.78 is 10.5. The van der Waals surface area contributed by atoms with Crippen molar-refractivity contribution in [1.29, 1.82) is 0 Å². The largest absolute Gasteiger partial charge is 0.494 e. The zero-order valence-electron chi connectivity index (χ0n) is 19.0. The van der Waals surface area contributed by atoms with Crippen LogP contribution in [-0.2, 0) is 9.53 Å². The molecule has 0 radical (unpaired) electrons. The molecule has 0 atom stereocenters. The number of methoxy groups -OCH3 is 1. The van der Waals surface area contributed by atoms with Gasteiger partial charge in [-0.15, -0.1) is 0 Å². The van der Waals surface area contributed by atoms with Gasteiger partial charge in [0, 0.05) is 17.0 Å². The Balaban J connectivity index is 1.57. The zero-order chi connectivity index (χ0) is 24.9. The maximum Gasteiger partial charge on any atom is 0.339 e. The molecule has 4 rings (SSSR count). The second-order valence-electron chi connectivity index (χ2n) is 7.61. The van der Waals surface area contributed by atoms with Crippen molar-refractivity contribution in [2.24, 2.45) is 0 Å². The highest BCUT2D eigenvalue weighted by Crippen LogP contribution is 2.31. The zero-order valence-corrected chi connectivity index (χ0v) is 19.0. The van der Waals surface area contributed by atoms with E-state index in [4.69, 9.17) is 14.5 Å². The van der Waals surface area contributed by atoms with Crippen LogP contribution in [0.3, 0.4) is 0 Å². The predicted molar refractivity (Wildman–Crippen MR) is 130 cm³/mol. The van der Waals surface area contributed by atoms with Crippen LogP contribution in [0, 0.1) is 17.0 Å². The van der Waals surface area contributed by atoms with Crippen LogP contribution in [0.15, 0.2) is 72.8 Å². The maximum absolute atomic E-state index is 13.1. The Hall–Kier alpha value is -4.79. The number of ether oxygens (including phenoxy) is 2. The van der Waals surface area contributed by atoms with Gasteiger partial charge in [0.2, 0.25) is 0 Å². The minimum atomic E-state index is -0.663. The van der Waals surface area contributed by atoms with Crippen LogP contribution in [0.4, 0.5) is 11.4 Å². The standard InChI is InChI=1S/C26H21N3O6/c1-16-24(19-10-6-7-11-20(19)28-25(16)17-8-4-3-5-9-17)26(31)35-15-23(30)27-21-13-12-18(29(32)33)14-22(21)34-2/h3-14H,15H2,1-2H3,(H,27,30). The molecule has 35 heavy (non-hydrogen) atoms. The number of amides is 1. The second kappa shape index (κ2) is 10.0.